The summed E-state index contributed by atoms with van der Waals surface area (Å²) < 4.78 is 23.3. The highest BCUT2D eigenvalue weighted by Crippen LogP contribution is 2.24. The SMILES string of the molecule is CCN(C(=O)C(C)Nc1cccc(Cl)c1C)C1CCS(=O)(=O)C1. The van der Waals surface area contributed by atoms with Gasteiger partial charge in [0.1, 0.15) is 6.04 Å². The van der Waals surface area contributed by atoms with Crippen LogP contribution in [0.1, 0.15) is 25.8 Å². The van der Waals surface area contributed by atoms with Crippen LogP contribution in [0.25, 0.3) is 0 Å². The van der Waals surface area contributed by atoms with Crippen molar-refractivity contribution < 1.29 is 13.2 Å². The smallest absolute Gasteiger partial charge is 0.245 e. The third-order valence-corrected chi connectivity index (χ3v) is 6.44. The Morgan fingerprint density at radius 3 is 2.74 bits per heavy atom. The lowest BCUT2D eigenvalue weighted by molar-refractivity contribution is -0.133. The minimum Gasteiger partial charge on any atom is -0.374 e. The maximum Gasteiger partial charge on any atom is 0.245 e. The van der Waals surface area contributed by atoms with E-state index in [9.17, 15) is 13.2 Å². The highest BCUT2D eigenvalue weighted by atomic mass is 35.5. The fraction of sp³-hybridized carbons (Fsp3) is 0.562. The van der Waals surface area contributed by atoms with Gasteiger partial charge in [-0.25, -0.2) is 8.42 Å². The van der Waals surface area contributed by atoms with Crippen molar-refractivity contribution in [1.82, 2.24) is 4.90 Å². The largest absolute Gasteiger partial charge is 0.374 e. The van der Waals surface area contributed by atoms with Crippen LogP contribution in [-0.4, -0.2) is 49.4 Å². The molecule has 1 aliphatic heterocycles. The first-order valence-corrected chi connectivity index (χ1v) is 9.97. The second-order valence-electron chi connectivity index (χ2n) is 5.96. The van der Waals surface area contributed by atoms with E-state index in [2.05, 4.69) is 5.32 Å². The first-order valence-electron chi connectivity index (χ1n) is 7.77. The number of hydrogen-bond donors (Lipinski definition) is 1. The van der Waals surface area contributed by atoms with E-state index in [1.807, 2.05) is 26.0 Å². The molecule has 1 aromatic carbocycles. The Kier molecular flexibility index (Phi) is 5.57. The molecular weight excluding hydrogens is 336 g/mol. The van der Waals surface area contributed by atoms with Gasteiger partial charge in [-0.1, -0.05) is 17.7 Å². The van der Waals surface area contributed by atoms with Crippen LogP contribution in [0.2, 0.25) is 5.02 Å². The molecule has 0 aliphatic carbocycles. The number of sulfone groups is 1. The van der Waals surface area contributed by atoms with Crippen molar-refractivity contribution in [3.8, 4) is 0 Å². The second-order valence-corrected chi connectivity index (χ2v) is 8.60. The molecule has 1 amide bonds. The predicted octanol–water partition coefficient (Wildman–Crippen LogP) is 2.48. The molecule has 0 bridgehead atoms. The Morgan fingerprint density at radius 1 is 1.48 bits per heavy atom. The molecule has 1 aliphatic rings. The topological polar surface area (TPSA) is 66.5 Å². The standard InChI is InChI=1S/C16H23ClN2O3S/c1-4-19(13-8-9-23(21,22)10-13)16(20)12(3)18-15-7-5-6-14(17)11(15)2/h5-7,12-13,18H,4,8-10H2,1-3H3. The number of nitrogens with zero attached hydrogens (tertiary/aromatic N) is 1. The van der Waals surface area contributed by atoms with Gasteiger partial charge in [0.2, 0.25) is 5.91 Å². The van der Waals surface area contributed by atoms with E-state index in [-0.39, 0.29) is 23.5 Å². The average Bonchev–Trinajstić information content (AvgIpc) is 2.84. The van der Waals surface area contributed by atoms with Crippen molar-refractivity contribution in [3.05, 3.63) is 28.8 Å². The molecule has 2 unspecified atom stereocenters. The molecule has 2 atom stereocenters. The predicted molar refractivity (Wildman–Crippen MR) is 93.7 cm³/mol. The number of hydrogen-bond acceptors (Lipinski definition) is 4. The van der Waals surface area contributed by atoms with Crippen molar-refractivity contribution in [2.24, 2.45) is 0 Å². The summed E-state index contributed by atoms with van der Waals surface area (Å²) in [6.45, 7) is 6.05. The summed E-state index contributed by atoms with van der Waals surface area (Å²) in [5, 5.41) is 3.83. The number of nitrogens with one attached hydrogen (secondary N) is 1. The molecule has 2 rings (SSSR count). The van der Waals surface area contributed by atoms with Gasteiger partial charge in [0.25, 0.3) is 0 Å². The molecule has 1 N–H and O–H groups in total. The van der Waals surface area contributed by atoms with Crippen molar-refractivity contribution in [2.45, 2.75) is 39.3 Å². The first kappa shape index (κ1) is 18.1. The van der Waals surface area contributed by atoms with Gasteiger partial charge in [-0.05, 0) is 44.9 Å². The van der Waals surface area contributed by atoms with Gasteiger partial charge in [-0.15, -0.1) is 0 Å². The Hall–Kier alpha value is -1.27. The average molecular weight is 359 g/mol. The zero-order valence-electron chi connectivity index (χ0n) is 13.7. The van der Waals surface area contributed by atoms with Gasteiger partial charge in [-0.3, -0.25) is 4.79 Å². The third-order valence-electron chi connectivity index (χ3n) is 4.28. The molecule has 1 fully saturated rings. The molecule has 0 aromatic heterocycles. The van der Waals surface area contributed by atoms with Crippen LogP contribution in [0.15, 0.2) is 18.2 Å². The number of likely N-dealkylation sites (N-methyl/N-ethyl adjacent to an activating group) is 1. The lowest BCUT2D eigenvalue weighted by Crippen LogP contribution is -2.47. The molecule has 1 saturated heterocycles. The highest BCUT2D eigenvalue weighted by Gasteiger charge is 2.35. The van der Waals surface area contributed by atoms with Gasteiger partial charge in [0.05, 0.1) is 11.5 Å². The first-order chi connectivity index (χ1) is 10.7. The Labute approximate surface area is 142 Å². The van der Waals surface area contributed by atoms with Crippen LogP contribution in [-0.2, 0) is 14.6 Å². The Morgan fingerprint density at radius 2 is 2.17 bits per heavy atom. The van der Waals surface area contributed by atoms with E-state index in [0.717, 1.165) is 11.3 Å². The molecule has 0 radical (unpaired) electrons. The summed E-state index contributed by atoms with van der Waals surface area (Å²) in [7, 11) is -3.01. The van der Waals surface area contributed by atoms with Gasteiger partial charge in [-0.2, -0.15) is 0 Å². The molecule has 128 valence electrons. The van der Waals surface area contributed by atoms with Crippen molar-refractivity contribution in [3.63, 3.8) is 0 Å². The van der Waals surface area contributed by atoms with Crippen LogP contribution in [0.5, 0.6) is 0 Å². The molecule has 1 aromatic rings. The summed E-state index contributed by atoms with van der Waals surface area (Å²) in [6.07, 6.45) is 0.519. The molecule has 0 spiro atoms. The lowest BCUT2D eigenvalue weighted by atomic mass is 10.1. The number of amides is 1. The van der Waals surface area contributed by atoms with E-state index < -0.39 is 15.9 Å². The third kappa shape index (κ3) is 4.18. The fourth-order valence-electron chi connectivity index (χ4n) is 2.92. The van der Waals surface area contributed by atoms with Crippen LogP contribution in [0, 0.1) is 6.92 Å². The van der Waals surface area contributed by atoms with Crippen molar-refractivity contribution >= 4 is 33.0 Å². The maximum atomic E-state index is 12.7. The Bertz CT molecular complexity index is 691. The number of anilines is 1. The van der Waals surface area contributed by atoms with E-state index in [4.69, 9.17) is 11.6 Å². The Balaban J connectivity index is 2.10. The van der Waals surface area contributed by atoms with Crippen LogP contribution >= 0.6 is 11.6 Å². The monoisotopic (exact) mass is 358 g/mol. The van der Waals surface area contributed by atoms with Crippen LogP contribution in [0.4, 0.5) is 5.69 Å². The minimum atomic E-state index is -3.01. The lowest BCUT2D eigenvalue weighted by Gasteiger charge is -2.30. The van der Waals surface area contributed by atoms with E-state index in [1.54, 1.807) is 17.9 Å². The van der Waals surface area contributed by atoms with E-state index in [1.165, 1.54) is 0 Å². The number of halogens is 1. The van der Waals surface area contributed by atoms with Gasteiger partial charge >= 0.3 is 0 Å². The van der Waals surface area contributed by atoms with Crippen molar-refractivity contribution in [1.29, 1.82) is 0 Å². The number of carbonyl (C=O) groups is 1. The fourth-order valence-corrected chi connectivity index (χ4v) is 4.83. The molecule has 23 heavy (non-hydrogen) atoms. The summed E-state index contributed by atoms with van der Waals surface area (Å²) >= 11 is 6.10. The maximum absolute atomic E-state index is 12.7. The van der Waals surface area contributed by atoms with Gasteiger partial charge in [0, 0.05) is 23.3 Å². The molecule has 5 nitrogen and oxygen atoms in total. The molecule has 0 saturated carbocycles. The summed E-state index contributed by atoms with van der Waals surface area (Å²) in [4.78, 5) is 14.4. The number of carbonyl (C=O) groups excluding carboxylic acids is 1. The quantitative estimate of drug-likeness (QED) is 0.878. The zero-order chi connectivity index (χ0) is 17.2. The normalized spacial score (nSPS) is 21.0. The minimum absolute atomic E-state index is 0.0650. The van der Waals surface area contributed by atoms with Crippen LogP contribution in [0.3, 0.4) is 0 Å². The summed E-state index contributed by atoms with van der Waals surface area (Å²) in [5.41, 5.74) is 1.70. The zero-order valence-corrected chi connectivity index (χ0v) is 15.2. The van der Waals surface area contributed by atoms with Gasteiger partial charge < -0.3 is 10.2 Å². The number of benzene rings is 1. The summed E-state index contributed by atoms with van der Waals surface area (Å²) in [6, 6.07) is 4.84. The molecule has 7 heteroatoms. The van der Waals surface area contributed by atoms with Crippen molar-refractivity contribution in [2.75, 3.05) is 23.4 Å². The van der Waals surface area contributed by atoms with E-state index >= 15 is 0 Å². The van der Waals surface area contributed by atoms with Gasteiger partial charge in [0.15, 0.2) is 9.84 Å². The van der Waals surface area contributed by atoms with Crippen LogP contribution < -0.4 is 5.32 Å². The highest BCUT2D eigenvalue weighted by molar-refractivity contribution is 7.91. The summed E-state index contributed by atoms with van der Waals surface area (Å²) in [5.74, 6) is 0.139. The second kappa shape index (κ2) is 7.09. The molecular formula is C16H23ClN2O3S. The number of rotatable bonds is 5. The molecule has 1 heterocycles. The van der Waals surface area contributed by atoms with E-state index in [0.29, 0.717) is 18.0 Å².